The molecule has 1 fully saturated rings. The molecule has 5 N–H and O–H groups in total. The van der Waals surface area contributed by atoms with E-state index in [0.29, 0.717) is 0 Å². The van der Waals surface area contributed by atoms with Crippen LogP contribution in [0.25, 0.3) is 0 Å². The Kier molecular flexibility index (Phi) is 4.99. The van der Waals surface area contributed by atoms with E-state index in [2.05, 4.69) is 0 Å². The van der Waals surface area contributed by atoms with Crippen molar-refractivity contribution < 1.29 is 34.7 Å². The first-order valence-electron chi connectivity index (χ1n) is 7.80. The normalized spacial score (nSPS) is 24.7. The summed E-state index contributed by atoms with van der Waals surface area (Å²) in [5.74, 6) is -1.66. The van der Waals surface area contributed by atoms with Gasteiger partial charge in [-0.15, -0.1) is 0 Å². The van der Waals surface area contributed by atoms with Crippen molar-refractivity contribution in [2.24, 2.45) is 0 Å². The number of aromatic nitrogens is 2. The predicted molar refractivity (Wildman–Crippen MR) is 87.3 cm³/mol. The zero-order chi connectivity index (χ0) is 19.7. The molecule has 0 aliphatic carbocycles. The Balaban J connectivity index is 1.71. The van der Waals surface area contributed by atoms with E-state index in [-0.39, 0.29) is 11.3 Å². The number of rotatable bonds is 4. The number of aromatic amines is 1. The Labute approximate surface area is 150 Å². The van der Waals surface area contributed by atoms with Crippen LogP contribution >= 0.6 is 0 Å². The number of H-pyrrole nitrogens is 1. The summed E-state index contributed by atoms with van der Waals surface area (Å²) in [5, 5.41) is 39.2. The molecular formula is C16H16N2O9. The van der Waals surface area contributed by atoms with Gasteiger partial charge in [-0.3, -0.25) is 14.3 Å². The minimum Gasteiger partial charge on any atom is -0.508 e. The number of carbonyl (C=O) groups is 1. The zero-order valence-electron chi connectivity index (χ0n) is 13.7. The van der Waals surface area contributed by atoms with Gasteiger partial charge in [-0.2, -0.15) is 0 Å². The van der Waals surface area contributed by atoms with E-state index in [1.54, 1.807) is 0 Å². The first-order chi connectivity index (χ1) is 12.8. The van der Waals surface area contributed by atoms with Crippen LogP contribution in [0.2, 0.25) is 0 Å². The van der Waals surface area contributed by atoms with Gasteiger partial charge in [0, 0.05) is 12.3 Å². The molecule has 4 atom stereocenters. The number of aliphatic hydroxyl groups excluding tert-OH is 2. The topological polar surface area (TPSA) is 171 Å². The second-order valence-electron chi connectivity index (χ2n) is 5.86. The van der Waals surface area contributed by atoms with E-state index >= 15 is 0 Å². The van der Waals surface area contributed by atoms with E-state index in [9.17, 15) is 34.8 Å². The first kappa shape index (κ1) is 18.6. The number of ether oxygens (including phenoxy) is 2. The van der Waals surface area contributed by atoms with Gasteiger partial charge in [-0.05, 0) is 18.2 Å². The van der Waals surface area contributed by atoms with E-state index in [1.807, 2.05) is 4.98 Å². The highest BCUT2D eigenvalue weighted by Gasteiger charge is 2.44. The van der Waals surface area contributed by atoms with Crippen LogP contribution in [0.1, 0.15) is 16.6 Å². The molecule has 0 amide bonds. The summed E-state index contributed by atoms with van der Waals surface area (Å²) < 4.78 is 11.2. The van der Waals surface area contributed by atoms with Crippen LogP contribution in [0.5, 0.6) is 11.5 Å². The van der Waals surface area contributed by atoms with Gasteiger partial charge in [-0.1, -0.05) is 0 Å². The van der Waals surface area contributed by atoms with Crippen LogP contribution in [-0.4, -0.2) is 60.9 Å². The Bertz CT molecular complexity index is 967. The average molecular weight is 380 g/mol. The van der Waals surface area contributed by atoms with Crippen LogP contribution < -0.4 is 11.2 Å². The largest absolute Gasteiger partial charge is 0.508 e. The highest BCUT2D eigenvalue weighted by molar-refractivity contribution is 5.92. The smallest absolute Gasteiger partial charge is 0.342 e. The van der Waals surface area contributed by atoms with Crippen molar-refractivity contribution in [1.29, 1.82) is 0 Å². The molecule has 1 aromatic heterocycles. The number of esters is 1. The number of hydrogen-bond acceptors (Lipinski definition) is 9. The summed E-state index contributed by atoms with van der Waals surface area (Å²) in [7, 11) is 0. The van der Waals surface area contributed by atoms with Gasteiger partial charge in [-0.25, -0.2) is 9.59 Å². The van der Waals surface area contributed by atoms with Gasteiger partial charge in [0.15, 0.2) is 6.23 Å². The summed E-state index contributed by atoms with van der Waals surface area (Å²) >= 11 is 0. The highest BCUT2D eigenvalue weighted by atomic mass is 16.6. The number of aromatic hydroxyl groups is 2. The van der Waals surface area contributed by atoms with Gasteiger partial charge in [0.1, 0.15) is 42.0 Å². The minimum atomic E-state index is -1.52. The number of nitrogens with zero attached hydrogens (tertiary/aromatic N) is 1. The van der Waals surface area contributed by atoms with Crippen LogP contribution in [-0.2, 0) is 9.47 Å². The average Bonchev–Trinajstić information content (AvgIpc) is 2.90. The summed E-state index contributed by atoms with van der Waals surface area (Å²) in [6.45, 7) is -0.499. The summed E-state index contributed by atoms with van der Waals surface area (Å²) in [6, 6.07) is 4.33. The molecule has 0 unspecified atom stereocenters. The fraction of sp³-hybridized carbons (Fsp3) is 0.312. The van der Waals surface area contributed by atoms with Crippen LogP contribution in [0.4, 0.5) is 0 Å². The Hall–Kier alpha value is -3.15. The molecule has 0 bridgehead atoms. The molecule has 3 rings (SSSR count). The van der Waals surface area contributed by atoms with Crippen molar-refractivity contribution >= 4 is 5.97 Å². The molecule has 11 nitrogen and oxygen atoms in total. The Morgan fingerprint density at radius 3 is 2.63 bits per heavy atom. The Morgan fingerprint density at radius 1 is 1.19 bits per heavy atom. The molecule has 1 aliphatic rings. The second kappa shape index (κ2) is 7.23. The lowest BCUT2D eigenvalue weighted by Gasteiger charge is -2.16. The third-order valence-electron chi connectivity index (χ3n) is 4.04. The van der Waals surface area contributed by atoms with Crippen molar-refractivity contribution in [2.45, 2.75) is 24.5 Å². The summed E-state index contributed by atoms with van der Waals surface area (Å²) in [4.78, 5) is 36.9. The van der Waals surface area contributed by atoms with Crippen LogP contribution in [0, 0.1) is 0 Å². The molecule has 0 radical (unpaired) electrons. The maximum absolute atomic E-state index is 12.0. The van der Waals surface area contributed by atoms with Crippen molar-refractivity contribution in [3.05, 3.63) is 56.9 Å². The molecule has 1 aliphatic heterocycles. The third-order valence-corrected chi connectivity index (χ3v) is 4.04. The molecule has 2 heterocycles. The van der Waals surface area contributed by atoms with Gasteiger partial charge >= 0.3 is 11.7 Å². The number of benzene rings is 1. The van der Waals surface area contributed by atoms with E-state index in [4.69, 9.17) is 9.47 Å². The summed E-state index contributed by atoms with van der Waals surface area (Å²) in [6.07, 6.45) is -4.39. The third kappa shape index (κ3) is 3.69. The molecule has 1 aromatic carbocycles. The number of phenolic OH excluding ortho intramolecular Hbond substituents is 2. The fourth-order valence-electron chi connectivity index (χ4n) is 2.65. The molecule has 0 spiro atoms. The summed E-state index contributed by atoms with van der Waals surface area (Å²) in [5.41, 5.74) is -1.78. The standard InChI is InChI=1S/C16H16N2O9/c19-7-1-2-9(20)8(5-7)15(24)26-6-10-12(22)13(23)14(27-10)18-4-3-11(21)17-16(18)25/h1-5,10,12-14,19-20,22-23H,6H2,(H,17,21,25)/t10-,12-,13-,14-/m1/s1. The van der Waals surface area contributed by atoms with Crippen molar-refractivity contribution in [2.75, 3.05) is 6.61 Å². The zero-order valence-corrected chi connectivity index (χ0v) is 13.7. The molecule has 11 heteroatoms. The van der Waals surface area contributed by atoms with Crippen LogP contribution in [0.15, 0.2) is 40.1 Å². The van der Waals surface area contributed by atoms with E-state index in [1.165, 1.54) is 6.07 Å². The second-order valence-corrected chi connectivity index (χ2v) is 5.86. The van der Waals surface area contributed by atoms with Gasteiger partial charge in [0.05, 0.1) is 0 Å². The molecule has 144 valence electrons. The lowest BCUT2D eigenvalue weighted by molar-refractivity contribution is -0.0599. The first-order valence-corrected chi connectivity index (χ1v) is 7.80. The maximum atomic E-state index is 12.0. The number of phenols is 2. The SMILES string of the molecule is O=C(OC[C@H]1O[C@@H](n2ccc(=O)[nH]c2=O)[C@H](O)[C@@H]1O)c1cc(O)ccc1O. The molecule has 1 saturated heterocycles. The number of aliphatic hydroxyl groups is 2. The van der Waals surface area contributed by atoms with Gasteiger partial charge in [0.2, 0.25) is 0 Å². The van der Waals surface area contributed by atoms with E-state index in [0.717, 1.165) is 29.0 Å². The van der Waals surface area contributed by atoms with E-state index < -0.39 is 54.1 Å². The van der Waals surface area contributed by atoms with Gasteiger partial charge in [0.25, 0.3) is 5.56 Å². The molecular weight excluding hydrogens is 364 g/mol. The number of carbonyl (C=O) groups excluding carboxylic acids is 1. The lowest BCUT2D eigenvalue weighted by atomic mass is 10.1. The van der Waals surface area contributed by atoms with Crippen molar-refractivity contribution in [1.82, 2.24) is 9.55 Å². The Morgan fingerprint density at radius 2 is 1.93 bits per heavy atom. The highest BCUT2D eigenvalue weighted by Crippen LogP contribution is 2.29. The maximum Gasteiger partial charge on any atom is 0.342 e. The predicted octanol–water partition coefficient (Wildman–Crippen LogP) is -1.58. The number of hydrogen-bond donors (Lipinski definition) is 5. The molecule has 2 aromatic rings. The number of nitrogens with one attached hydrogen (secondary N) is 1. The minimum absolute atomic E-state index is 0.259. The fourth-order valence-corrected chi connectivity index (χ4v) is 2.65. The molecule has 0 saturated carbocycles. The molecule has 27 heavy (non-hydrogen) atoms. The quantitative estimate of drug-likeness (QED) is 0.310. The van der Waals surface area contributed by atoms with Crippen molar-refractivity contribution in [3.8, 4) is 11.5 Å². The monoisotopic (exact) mass is 380 g/mol. The van der Waals surface area contributed by atoms with Crippen molar-refractivity contribution in [3.63, 3.8) is 0 Å². The van der Waals surface area contributed by atoms with Gasteiger partial charge < -0.3 is 29.9 Å². The lowest BCUT2D eigenvalue weighted by Crippen LogP contribution is -2.37. The van der Waals surface area contributed by atoms with Crippen LogP contribution in [0.3, 0.4) is 0 Å².